The normalized spacial score (nSPS) is 20.6. The maximum atomic E-state index is 5.93. The maximum absolute atomic E-state index is 5.93. The van der Waals surface area contributed by atoms with E-state index in [2.05, 4.69) is 4.98 Å². The number of hydrogen-bond acceptors (Lipinski definition) is 5. The van der Waals surface area contributed by atoms with E-state index in [4.69, 9.17) is 18.5 Å². The van der Waals surface area contributed by atoms with Gasteiger partial charge >= 0.3 is 7.12 Å². The van der Waals surface area contributed by atoms with E-state index >= 15 is 0 Å². The number of rotatable bonds is 2. The maximum Gasteiger partial charge on any atom is 0.554 e. The molecule has 6 heteroatoms. The van der Waals surface area contributed by atoms with E-state index in [1.54, 1.807) is 7.11 Å². The van der Waals surface area contributed by atoms with Gasteiger partial charge in [0, 0.05) is 0 Å². The van der Waals surface area contributed by atoms with E-state index in [0.717, 1.165) is 5.52 Å². The van der Waals surface area contributed by atoms with E-state index in [1.165, 1.54) is 0 Å². The first-order chi connectivity index (χ1) is 9.34. The summed E-state index contributed by atoms with van der Waals surface area (Å²) >= 11 is 0. The molecule has 0 aliphatic carbocycles. The molecule has 1 aliphatic heterocycles. The molecule has 0 N–H and O–H groups in total. The zero-order valence-electron chi connectivity index (χ0n) is 12.4. The first-order valence-electron chi connectivity index (χ1n) is 6.63. The van der Waals surface area contributed by atoms with Gasteiger partial charge in [-0.1, -0.05) is 6.07 Å². The molecule has 3 rings (SSSR count). The summed E-state index contributed by atoms with van der Waals surface area (Å²) in [5.41, 5.74) is 0.513. The average molecular weight is 275 g/mol. The van der Waals surface area contributed by atoms with Crippen molar-refractivity contribution in [3.8, 4) is 5.75 Å². The third kappa shape index (κ3) is 1.91. The predicted octanol–water partition coefficient (Wildman–Crippen LogP) is 2.14. The summed E-state index contributed by atoms with van der Waals surface area (Å²) in [6.45, 7) is 7.99. The van der Waals surface area contributed by atoms with Crippen molar-refractivity contribution < 1.29 is 18.5 Å². The lowest BCUT2D eigenvalue weighted by Crippen LogP contribution is -2.41. The summed E-state index contributed by atoms with van der Waals surface area (Å²) in [6, 6.07) is 5.58. The quantitative estimate of drug-likeness (QED) is 0.786. The first kappa shape index (κ1) is 13.5. The molecule has 0 saturated carbocycles. The molecule has 0 unspecified atom stereocenters. The third-order valence-corrected chi connectivity index (χ3v) is 4.07. The van der Waals surface area contributed by atoms with Crippen molar-refractivity contribution in [1.29, 1.82) is 0 Å². The predicted molar refractivity (Wildman–Crippen MR) is 76.3 cm³/mol. The molecule has 2 aromatic rings. The van der Waals surface area contributed by atoms with Crippen molar-refractivity contribution in [1.82, 2.24) is 4.98 Å². The van der Waals surface area contributed by atoms with Crippen molar-refractivity contribution in [3.63, 3.8) is 0 Å². The van der Waals surface area contributed by atoms with Crippen molar-refractivity contribution in [2.75, 3.05) is 7.11 Å². The van der Waals surface area contributed by atoms with Crippen LogP contribution in [0.2, 0.25) is 0 Å². The van der Waals surface area contributed by atoms with Crippen LogP contribution in [0.15, 0.2) is 22.6 Å². The fraction of sp³-hybridized carbons (Fsp3) is 0.500. The summed E-state index contributed by atoms with van der Waals surface area (Å²) < 4.78 is 22.9. The van der Waals surface area contributed by atoms with E-state index in [0.29, 0.717) is 17.1 Å². The van der Waals surface area contributed by atoms with Gasteiger partial charge in [0.15, 0.2) is 11.3 Å². The molecule has 1 aliphatic rings. The highest BCUT2D eigenvalue weighted by molar-refractivity contribution is 6.60. The molecule has 20 heavy (non-hydrogen) atoms. The highest BCUT2D eigenvalue weighted by atomic mass is 16.7. The number of oxazole rings is 1. The lowest BCUT2D eigenvalue weighted by Gasteiger charge is -2.32. The Bertz CT molecular complexity index is 634. The van der Waals surface area contributed by atoms with E-state index in [-0.39, 0.29) is 0 Å². The van der Waals surface area contributed by atoms with E-state index in [9.17, 15) is 0 Å². The number of nitrogens with zero attached hydrogens (tertiary/aromatic N) is 1. The van der Waals surface area contributed by atoms with Gasteiger partial charge < -0.3 is 18.5 Å². The first-order valence-corrected chi connectivity index (χ1v) is 6.63. The zero-order chi connectivity index (χ0) is 14.5. The average Bonchev–Trinajstić information content (AvgIpc) is 2.88. The molecule has 0 atom stereocenters. The third-order valence-electron chi connectivity index (χ3n) is 4.07. The number of fused-ring (bicyclic) bond motifs is 1. The second kappa shape index (κ2) is 4.23. The van der Waals surface area contributed by atoms with Gasteiger partial charge in [-0.2, -0.15) is 0 Å². The molecule has 5 nitrogen and oxygen atoms in total. The van der Waals surface area contributed by atoms with Crippen LogP contribution in [0, 0.1) is 0 Å². The van der Waals surface area contributed by atoms with Crippen LogP contribution in [0.4, 0.5) is 0 Å². The molecule has 106 valence electrons. The Morgan fingerprint density at radius 1 is 1.10 bits per heavy atom. The van der Waals surface area contributed by atoms with Crippen molar-refractivity contribution in [2.45, 2.75) is 38.9 Å². The molecule has 1 saturated heterocycles. The molecule has 0 bridgehead atoms. The number of aromatic nitrogens is 1. The molecule has 2 heterocycles. The number of methoxy groups -OCH3 is 1. The molecular weight excluding hydrogens is 257 g/mol. The van der Waals surface area contributed by atoms with Crippen LogP contribution < -0.4 is 10.5 Å². The Labute approximate surface area is 118 Å². The van der Waals surface area contributed by atoms with Gasteiger partial charge in [0.05, 0.1) is 18.3 Å². The van der Waals surface area contributed by atoms with Crippen molar-refractivity contribution in [3.05, 3.63) is 18.2 Å². The van der Waals surface area contributed by atoms with Crippen LogP contribution in [-0.2, 0) is 9.31 Å². The largest absolute Gasteiger partial charge is 0.554 e. The Kier molecular flexibility index (Phi) is 2.85. The molecule has 1 aromatic carbocycles. The number of benzene rings is 1. The van der Waals surface area contributed by atoms with Gasteiger partial charge in [-0.3, -0.25) is 0 Å². The van der Waals surface area contributed by atoms with Crippen molar-refractivity contribution >= 4 is 24.0 Å². The van der Waals surface area contributed by atoms with E-state index in [1.807, 2.05) is 45.9 Å². The topological polar surface area (TPSA) is 53.7 Å². The summed E-state index contributed by atoms with van der Waals surface area (Å²) in [4.78, 5) is 4.44. The highest BCUT2D eigenvalue weighted by Crippen LogP contribution is 2.36. The summed E-state index contributed by atoms with van der Waals surface area (Å²) in [7, 11) is 1.00. The lowest BCUT2D eigenvalue weighted by atomic mass is 9.90. The SMILES string of the molecule is COc1cccc2nc(B3OC(C)(C)C(C)(C)O3)oc12. The second-order valence-corrected chi connectivity index (χ2v) is 5.95. The Morgan fingerprint density at radius 2 is 1.75 bits per heavy atom. The minimum Gasteiger partial charge on any atom is -0.493 e. The fourth-order valence-corrected chi connectivity index (χ4v) is 2.15. The fourth-order valence-electron chi connectivity index (χ4n) is 2.15. The number of para-hydroxylation sites is 1. The Hall–Kier alpha value is -1.53. The summed E-state index contributed by atoms with van der Waals surface area (Å²) in [6.07, 6.45) is 0. The van der Waals surface area contributed by atoms with Gasteiger partial charge in [-0.05, 0) is 39.8 Å². The molecular formula is C14H18BNO4. The van der Waals surface area contributed by atoms with Gasteiger partial charge in [0.2, 0.25) is 5.79 Å². The Balaban J connectivity index is 2.00. The van der Waals surface area contributed by atoms with Crippen molar-refractivity contribution in [2.24, 2.45) is 0 Å². The molecule has 0 amide bonds. The second-order valence-electron chi connectivity index (χ2n) is 5.95. The molecule has 1 fully saturated rings. The molecule has 0 spiro atoms. The van der Waals surface area contributed by atoms with Crippen LogP contribution >= 0.6 is 0 Å². The van der Waals surface area contributed by atoms with Gasteiger partial charge in [0.25, 0.3) is 0 Å². The number of ether oxygens (including phenoxy) is 1. The zero-order valence-corrected chi connectivity index (χ0v) is 12.4. The molecule has 1 aromatic heterocycles. The van der Waals surface area contributed by atoms with Crippen LogP contribution in [0.5, 0.6) is 5.75 Å². The summed E-state index contributed by atoms with van der Waals surface area (Å²) in [5.74, 6) is 1.07. The van der Waals surface area contributed by atoms with Crippen LogP contribution in [-0.4, -0.2) is 30.4 Å². The van der Waals surface area contributed by atoms with Crippen LogP contribution in [0.3, 0.4) is 0 Å². The van der Waals surface area contributed by atoms with Gasteiger partial charge in [-0.15, -0.1) is 0 Å². The number of hydrogen-bond donors (Lipinski definition) is 0. The minimum atomic E-state index is -0.600. The Morgan fingerprint density at radius 3 is 2.35 bits per heavy atom. The standard InChI is InChI=1S/C14H18BNO4/c1-13(2)14(3,4)20-15(19-13)12-16-9-7-6-8-10(17-5)11(9)18-12/h6-8H,1-5H3. The van der Waals surface area contributed by atoms with E-state index < -0.39 is 18.3 Å². The summed E-state index contributed by atoms with van der Waals surface area (Å²) in [5, 5.41) is 0. The van der Waals surface area contributed by atoms with Gasteiger partial charge in [-0.25, -0.2) is 4.98 Å². The minimum absolute atomic E-state index is 0.414. The smallest absolute Gasteiger partial charge is 0.493 e. The lowest BCUT2D eigenvalue weighted by molar-refractivity contribution is 0.00578. The monoisotopic (exact) mass is 275 g/mol. The van der Waals surface area contributed by atoms with Crippen LogP contribution in [0.1, 0.15) is 27.7 Å². The van der Waals surface area contributed by atoms with Crippen LogP contribution in [0.25, 0.3) is 11.1 Å². The molecule has 0 radical (unpaired) electrons. The van der Waals surface area contributed by atoms with Gasteiger partial charge in [0.1, 0.15) is 5.52 Å². The highest BCUT2D eigenvalue weighted by Gasteiger charge is 2.54.